The van der Waals surface area contributed by atoms with E-state index in [1.165, 1.54) is 17.5 Å². The first kappa shape index (κ1) is 18.9. The van der Waals surface area contributed by atoms with E-state index in [0.717, 1.165) is 38.8 Å². The second-order valence-corrected chi connectivity index (χ2v) is 7.23. The largest absolute Gasteiger partial charge is 0.353 e. The molecule has 1 amide bonds. The number of benzene rings is 1. The van der Waals surface area contributed by atoms with Crippen LogP contribution < -0.4 is 10.6 Å². The maximum atomic E-state index is 13.2. The number of nitrogens with zero attached hydrogens (tertiary/aromatic N) is 2. The van der Waals surface area contributed by atoms with Gasteiger partial charge in [0.05, 0.1) is 0 Å². The number of aromatic nitrogens is 2. The number of halogens is 1. The first-order chi connectivity index (χ1) is 12.3. The molecule has 1 aliphatic heterocycles. The summed E-state index contributed by atoms with van der Waals surface area (Å²) in [5, 5.41) is 11.0. The summed E-state index contributed by atoms with van der Waals surface area (Å²) < 4.78 is 1.86. The van der Waals surface area contributed by atoms with Crippen molar-refractivity contribution in [3.8, 4) is 0 Å². The van der Waals surface area contributed by atoms with Crippen molar-refractivity contribution < 1.29 is 4.79 Å². The number of nitrogens with one attached hydrogen (secondary N) is 2. The number of amides is 1. The van der Waals surface area contributed by atoms with Gasteiger partial charge < -0.3 is 10.6 Å². The number of piperidine rings is 1. The summed E-state index contributed by atoms with van der Waals surface area (Å²) in [6.45, 7) is 2.41. The van der Waals surface area contributed by atoms with E-state index in [1.807, 2.05) is 16.9 Å². The fraction of sp³-hybridized carbons (Fsp3) is 0.500. The molecule has 0 saturated carbocycles. The fourth-order valence-electron chi connectivity index (χ4n) is 4.37. The van der Waals surface area contributed by atoms with Crippen molar-refractivity contribution in [1.82, 2.24) is 20.4 Å². The van der Waals surface area contributed by atoms with Gasteiger partial charge in [0.1, 0.15) is 5.54 Å². The van der Waals surface area contributed by atoms with Gasteiger partial charge in [-0.25, -0.2) is 0 Å². The predicted molar refractivity (Wildman–Crippen MR) is 105 cm³/mol. The molecule has 0 radical (unpaired) electrons. The van der Waals surface area contributed by atoms with Gasteiger partial charge >= 0.3 is 0 Å². The highest BCUT2D eigenvalue weighted by Crippen LogP contribution is 2.32. The highest BCUT2D eigenvalue weighted by molar-refractivity contribution is 5.85. The molecule has 26 heavy (non-hydrogen) atoms. The van der Waals surface area contributed by atoms with Crippen LogP contribution in [0.5, 0.6) is 0 Å². The Morgan fingerprint density at radius 2 is 2.08 bits per heavy atom. The van der Waals surface area contributed by atoms with Crippen LogP contribution in [0.2, 0.25) is 0 Å². The van der Waals surface area contributed by atoms with E-state index >= 15 is 0 Å². The minimum atomic E-state index is -0.553. The third kappa shape index (κ3) is 3.51. The van der Waals surface area contributed by atoms with Crippen molar-refractivity contribution in [2.45, 2.75) is 43.6 Å². The Labute approximate surface area is 161 Å². The van der Waals surface area contributed by atoms with Crippen LogP contribution in [0.1, 0.15) is 42.7 Å². The smallest absolute Gasteiger partial charge is 0.248 e. The lowest BCUT2D eigenvalue weighted by molar-refractivity contribution is -0.132. The van der Waals surface area contributed by atoms with Gasteiger partial charge in [0.2, 0.25) is 5.91 Å². The lowest BCUT2D eigenvalue weighted by atomic mass is 9.82. The number of fused-ring (bicyclic) bond motifs is 1. The molecule has 0 spiro atoms. The number of hydrogen-bond acceptors (Lipinski definition) is 3. The second-order valence-electron chi connectivity index (χ2n) is 7.23. The Hall–Kier alpha value is -1.85. The lowest BCUT2D eigenvalue weighted by Gasteiger charge is -2.37. The van der Waals surface area contributed by atoms with Crippen molar-refractivity contribution in [3.05, 3.63) is 53.9 Å². The molecule has 4 rings (SSSR count). The molecule has 1 aromatic carbocycles. The standard InChI is InChI=1S/C20H26N4O.ClH/c25-19(20(9-12-21-13-10-20)24-14-4-11-23-24)22-15-17-7-3-6-16-5-1-2-8-18(16)17;/h1-2,4-5,8,11,14,17,21H,3,6-7,9-10,12-13,15H2,(H,22,25);1H. The van der Waals surface area contributed by atoms with Crippen molar-refractivity contribution >= 4 is 18.3 Å². The number of carbonyl (C=O) groups is 1. The average Bonchev–Trinajstić information content (AvgIpc) is 3.22. The van der Waals surface area contributed by atoms with E-state index in [1.54, 1.807) is 6.20 Å². The molecular formula is C20H27ClN4O. The van der Waals surface area contributed by atoms with Crippen LogP contribution in [0, 0.1) is 0 Å². The molecule has 2 heterocycles. The van der Waals surface area contributed by atoms with Crippen LogP contribution in [-0.4, -0.2) is 35.3 Å². The highest BCUT2D eigenvalue weighted by Gasteiger charge is 2.42. The molecular weight excluding hydrogens is 348 g/mol. The van der Waals surface area contributed by atoms with Gasteiger partial charge in [-0.05, 0) is 62.4 Å². The van der Waals surface area contributed by atoms with E-state index < -0.39 is 5.54 Å². The van der Waals surface area contributed by atoms with Crippen LogP contribution in [0.4, 0.5) is 0 Å². The summed E-state index contributed by atoms with van der Waals surface area (Å²) in [5.74, 6) is 0.533. The van der Waals surface area contributed by atoms with Gasteiger partial charge in [-0.3, -0.25) is 9.48 Å². The van der Waals surface area contributed by atoms with Crippen molar-refractivity contribution in [1.29, 1.82) is 0 Å². The van der Waals surface area contributed by atoms with Crippen molar-refractivity contribution in [3.63, 3.8) is 0 Å². The lowest BCUT2D eigenvalue weighted by Crippen LogP contribution is -2.55. The Kier molecular flexibility index (Phi) is 5.99. The monoisotopic (exact) mass is 374 g/mol. The van der Waals surface area contributed by atoms with Crippen LogP contribution >= 0.6 is 12.4 Å². The molecule has 6 heteroatoms. The van der Waals surface area contributed by atoms with Crippen LogP contribution in [-0.2, 0) is 16.8 Å². The van der Waals surface area contributed by atoms with Crippen molar-refractivity contribution in [2.75, 3.05) is 19.6 Å². The van der Waals surface area contributed by atoms with Crippen LogP contribution in [0.15, 0.2) is 42.7 Å². The summed E-state index contributed by atoms with van der Waals surface area (Å²) in [5.41, 5.74) is 2.30. The molecule has 140 valence electrons. The SMILES string of the molecule is Cl.O=C(NCC1CCCc2ccccc21)C1(n2cccn2)CCNCC1. The van der Waals surface area contributed by atoms with Gasteiger partial charge in [0, 0.05) is 24.9 Å². The molecule has 1 saturated heterocycles. The third-order valence-electron chi connectivity index (χ3n) is 5.80. The van der Waals surface area contributed by atoms with Gasteiger partial charge in [-0.1, -0.05) is 24.3 Å². The minimum Gasteiger partial charge on any atom is -0.353 e. The zero-order valence-corrected chi connectivity index (χ0v) is 15.8. The average molecular weight is 375 g/mol. The Morgan fingerprint density at radius 1 is 1.27 bits per heavy atom. The van der Waals surface area contributed by atoms with Gasteiger partial charge in [-0.2, -0.15) is 5.10 Å². The highest BCUT2D eigenvalue weighted by atomic mass is 35.5. The van der Waals surface area contributed by atoms with Gasteiger partial charge in [-0.15, -0.1) is 12.4 Å². The summed E-state index contributed by atoms with van der Waals surface area (Å²) in [6.07, 6.45) is 8.74. The number of hydrogen-bond donors (Lipinski definition) is 2. The van der Waals surface area contributed by atoms with E-state index in [9.17, 15) is 4.79 Å². The molecule has 2 aliphatic rings. The molecule has 1 atom stereocenters. The van der Waals surface area contributed by atoms with Gasteiger partial charge in [0.15, 0.2) is 0 Å². The molecule has 1 aliphatic carbocycles. The zero-order chi connectivity index (χ0) is 17.1. The third-order valence-corrected chi connectivity index (χ3v) is 5.80. The molecule has 5 nitrogen and oxygen atoms in total. The first-order valence-electron chi connectivity index (χ1n) is 9.36. The minimum absolute atomic E-state index is 0. The van der Waals surface area contributed by atoms with E-state index in [4.69, 9.17) is 0 Å². The van der Waals surface area contributed by atoms with E-state index in [-0.39, 0.29) is 18.3 Å². The van der Waals surface area contributed by atoms with Crippen LogP contribution in [0.3, 0.4) is 0 Å². The zero-order valence-electron chi connectivity index (χ0n) is 15.0. The number of aryl methyl sites for hydroxylation is 1. The fourth-order valence-corrected chi connectivity index (χ4v) is 4.37. The molecule has 2 N–H and O–H groups in total. The Morgan fingerprint density at radius 3 is 2.85 bits per heavy atom. The normalized spacial score (nSPS) is 21.3. The maximum absolute atomic E-state index is 13.2. The van der Waals surface area contributed by atoms with E-state index in [2.05, 4.69) is 40.0 Å². The van der Waals surface area contributed by atoms with E-state index in [0.29, 0.717) is 12.5 Å². The Balaban J connectivity index is 0.00000196. The summed E-state index contributed by atoms with van der Waals surface area (Å²) in [6, 6.07) is 10.6. The van der Waals surface area contributed by atoms with Crippen molar-refractivity contribution in [2.24, 2.45) is 0 Å². The van der Waals surface area contributed by atoms with Crippen LogP contribution in [0.25, 0.3) is 0 Å². The second kappa shape index (κ2) is 8.23. The maximum Gasteiger partial charge on any atom is 0.248 e. The molecule has 2 aromatic rings. The summed E-state index contributed by atoms with van der Waals surface area (Å²) in [7, 11) is 0. The topological polar surface area (TPSA) is 59.0 Å². The quantitative estimate of drug-likeness (QED) is 0.864. The molecule has 0 bridgehead atoms. The number of carbonyl (C=O) groups excluding carboxylic acids is 1. The molecule has 1 fully saturated rings. The molecule has 1 unspecified atom stereocenters. The summed E-state index contributed by atoms with van der Waals surface area (Å²) >= 11 is 0. The Bertz CT molecular complexity index is 725. The van der Waals surface area contributed by atoms with Gasteiger partial charge in [0.25, 0.3) is 0 Å². The predicted octanol–water partition coefficient (Wildman–Crippen LogP) is 2.62. The summed E-state index contributed by atoms with van der Waals surface area (Å²) in [4.78, 5) is 13.2. The number of rotatable bonds is 4. The molecule has 1 aromatic heterocycles. The first-order valence-corrected chi connectivity index (χ1v) is 9.36.